The van der Waals surface area contributed by atoms with Gasteiger partial charge in [0.05, 0.1) is 11.4 Å². The number of hydrogen-bond donors (Lipinski definition) is 2. The van der Waals surface area contributed by atoms with Gasteiger partial charge in [0.2, 0.25) is 0 Å². The molecule has 3 aromatic carbocycles. The van der Waals surface area contributed by atoms with E-state index in [2.05, 4.69) is 20.4 Å². The maximum absolute atomic E-state index is 14.0. The molecule has 8 heteroatoms. The van der Waals surface area contributed by atoms with E-state index < -0.39 is 0 Å². The SMILES string of the molecule is O=C(Nc1ccccc1NC(=O)c1ccc(C(=O)N(C2CCCCC2)C2CCCCC2)cc1)c1ccc(C(=O)N(C2CCCCC2)C2CCCCC2)cc1. The molecule has 286 valence electrons. The van der Waals surface area contributed by atoms with Crippen molar-refractivity contribution >= 4 is 35.0 Å². The zero-order chi connectivity index (χ0) is 37.3. The van der Waals surface area contributed by atoms with Gasteiger partial charge in [-0.25, -0.2) is 0 Å². The van der Waals surface area contributed by atoms with E-state index in [4.69, 9.17) is 0 Å². The molecule has 0 spiro atoms. The molecule has 4 aliphatic rings. The zero-order valence-electron chi connectivity index (χ0n) is 31.9. The summed E-state index contributed by atoms with van der Waals surface area (Å²) in [5.74, 6) is -0.486. The summed E-state index contributed by atoms with van der Waals surface area (Å²) in [6.07, 6.45) is 23.0. The first kappa shape index (κ1) is 37.8. The summed E-state index contributed by atoms with van der Waals surface area (Å²) in [4.78, 5) is 59.2. The fourth-order valence-electron chi connectivity index (χ4n) is 9.61. The number of rotatable bonds is 10. The molecule has 0 unspecified atom stereocenters. The molecule has 8 nitrogen and oxygen atoms in total. The molecule has 0 heterocycles. The lowest BCUT2D eigenvalue weighted by atomic mass is 9.88. The van der Waals surface area contributed by atoms with Crippen LogP contribution in [0.3, 0.4) is 0 Å². The van der Waals surface area contributed by atoms with Gasteiger partial charge in [-0.15, -0.1) is 0 Å². The molecule has 0 atom stereocenters. The summed E-state index contributed by atoms with van der Waals surface area (Å²) >= 11 is 0. The Kier molecular flexibility index (Phi) is 12.8. The van der Waals surface area contributed by atoms with E-state index in [0.29, 0.717) is 57.8 Å². The van der Waals surface area contributed by atoms with Crippen molar-refractivity contribution in [3.8, 4) is 0 Å². The fraction of sp³-hybridized carbons (Fsp3) is 0.522. The molecule has 4 saturated carbocycles. The molecule has 4 fully saturated rings. The Hall–Kier alpha value is -4.46. The van der Waals surface area contributed by atoms with E-state index in [1.807, 2.05) is 12.1 Å². The van der Waals surface area contributed by atoms with Crippen LogP contribution in [0.15, 0.2) is 72.8 Å². The Balaban J connectivity index is 0.993. The Labute approximate surface area is 321 Å². The third-order valence-electron chi connectivity index (χ3n) is 12.6. The largest absolute Gasteiger partial charge is 0.333 e. The fourth-order valence-corrected chi connectivity index (χ4v) is 9.61. The van der Waals surface area contributed by atoms with Crippen LogP contribution in [-0.2, 0) is 0 Å². The highest BCUT2D eigenvalue weighted by Crippen LogP contribution is 2.33. The van der Waals surface area contributed by atoms with Crippen LogP contribution < -0.4 is 10.6 Å². The molecule has 0 bridgehead atoms. The summed E-state index contributed by atoms with van der Waals surface area (Å²) in [6, 6.07) is 22.3. The molecule has 3 aromatic rings. The van der Waals surface area contributed by atoms with E-state index in [1.165, 1.54) is 77.0 Å². The van der Waals surface area contributed by atoms with Gasteiger partial charge in [0.1, 0.15) is 0 Å². The number of carbonyl (C=O) groups is 4. The van der Waals surface area contributed by atoms with Gasteiger partial charge >= 0.3 is 0 Å². The van der Waals surface area contributed by atoms with Crippen LogP contribution in [0.5, 0.6) is 0 Å². The second-order valence-electron chi connectivity index (χ2n) is 16.2. The third-order valence-corrected chi connectivity index (χ3v) is 12.6. The summed E-state index contributed by atoms with van der Waals surface area (Å²) in [5, 5.41) is 5.92. The van der Waals surface area contributed by atoms with Crippen molar-refractivity contribution in [1.29, 1.82) is 0 Å². The van der Waals surface area contributed by atoms with E-state index in [-0.39, 0.29) is 23.6 Å². The number of nitrogens with zero attached hydrogens (tertiary/aromatic N) is 2. The topological polar surface area (TPSA) is 98.8 Å². The number of nitrogens with one attached hydrogen (secondary N) is 2. The Bertz CT molecular complexity index is 1570. The van der Waals surface area contributed by atoms with Crippen molar-refractivity contribution in [2.75, 3.05) is 10.6 Å². The minimum Gasteiger partial charge on any atom is -0.333 e. The number of para-hydroxylation sites is 2. The smallest absolute Gasteiger partial charge is 0.255 e. The predicted molar refractivity (Wildman–Crippen MR) is 215 cm³/mol. The molecule has 0 saturated heterocycles. The molecule has 4 aliphatic carbocycles. The zero-order valence-corrected chi connectivity index (χ0v) is 31.9. The highest BCUT2D eigenvalue weighted by molar-refractivity contribution is 6.10. The van der Waals surface area contributed by atoms with Crippen LogP contribution >= 0.6 is 0 Å². The highest BCUT2D eigenvalue weighted by atomic mass is 16.2. The predicted octanol–water partition coefficient (Wildman–Crippen LogP) is 10.4. The lowest BCUT2D eigenvalue weighted by Crippen LogP contribution is -2.48. The van der Waals surface area contributed by atoms with E-state index in [0.717, 1.165) is 51.4 Å². The number of anilines is 2. The molecule has 54 heavy (non-hydrogen) atoms. The van der Waals surface area contributed by atoms with Crippen molar-refractivity contribution < 1.29 is 19.2 Å². The molecule has 2 N–H and O–H groups in total. The van der Waals surface area contributed by atoms with Crippen LogP contribution in [0.4, 0.5) is 11.4 Å². The molecular formula is C46H58N4O4. The van der Waals surface area contributed by atoms with Crippen LogP contribution in [0, 0.1) is 0 Å². The van der Waals surface area contributed by atoms with Crippen molar-refractivity contribution in [3.05, 3.63) is 95.1 Å². The first-order valence-electron chi connectivity index (χ1n) is 21.0. The van der Waals surface area contributed by atoms with Gasteiger partial charge in [-0.2, -0.15) is 0 Å². The van der Waals surface area contributed by atoms with Crippen LogP contribution in [0.25, 0.3) is 0 Å². The minimum atomic E-state index is -0.324. The van der Waals surface area contributed by atoms with Crippen LogP contribution in [0.1, 0.15) is 170 Å². The molecule has 7 rings (SSSR count). The van der Waals surface area contributed by atoms with Gasteiger partial charge in [0.15, 0.2) is 0 Å². The van der Waals surface area contributed by atoms with E-state index in [9.17, 15) is 19.2 Å². The maximum atomic E-state index is 14.0. The number of amides is 4. The Morgan fingerprint density at radius 3 is 0.907 bits per heavy atom. The van der Waals surface area contributed by atoms with Gasteiger partial charge in [-0.05, 0) is 112 Å². The Morgan fingerprint density at radius 2 is 0.630 bits per heavy atom. The van der Waals surface area contributed by atoms with E-state index in [1.54, 1.807) is 60.7 Å². The minimum absolute atomic E-state index is 0.0805. The summed E-state index contributed by atoms with van der Waals surface area (Å²) in [7, 11) is 0. The van der Waals surface area contributed by atoms with Gasteiger partial charge in [-0.1, -0.05) is 89.2 Å². The van der Waals surface area contributed by atoms with Crippen LogP contribution in [0.2, 0.25) is 0 Å². The number of carbonyl (C=O) groups excluding carboxylic acids is 4. The molecule has 0 aromatic heterocycles. The second-order valence-corrected chi connectivity index (χ2v) is 16.2. The maximum Gasteiger partial charge on any atom is 0.255 e. The molecule has 0 radical (unpaired) electrons. The quantitative estimate of drug-likeness (QED) is 0.217. The van der Waals surface area contributed by atoms with Crippen molar-refractivity contribution in [1.82, 2.24) is 9.80 Å². The van der Waals surface area contributed by atoms with Gasteiger partial charge in [-0.3, -0.25) is 19.2 Å². The third kappa shape index (κ3) is 9.07. The summed E-state index contributed by atoms with van der Waals surface area (Å²) in [6.45, 7) is 0. The number of benzene rings is 3. The number of hydrogen-bond acceptors (Lipinski definition) is 4. The van der Waals surface area contributed by atoms with E-state index >= 15 is 0 Å². The molecule has 0 aliphatic heterocycles. The van der Waals surface area contributed by atoms with Gasteiger partial charge in [0.25, 0.3) is 23.6 Å². The first-order valence-corrected chi connectivity index (χ1v) is 21.0. The summed E-state index contributed by atoms with van der Waals surface area (Å²) in [5.41, 5.74) is 3.06. The lowest BCUT2D eigenvalue weighted by Gasteiger charge is -2.42. The average Bonchev–Trinajstić information content (AvgIpc) is 3.23. The highest BCUT2D eigenvalue weighted by Gasteiger charge is 2.34. The first-order chi connectivity index (χ1) is 26.5. The molecule has 4 amide bonds. The lowest BCUT2D eigenvalue weighted by molar-refractivity contribution is 0.0441. The Morgan fingerprint density at radius 1 is 0.370 bits per heavy atom. The second kappa shape index (κ2) is 18.2. The van der Waals surface area contributed by atoms with Crippen molar-refractivity contribution in [2.45, 2.75) is 153 Å². The van der Waals surface area contributed by atoms with Crippen molar-refractivity contribution in [2.24, 2.45) is 0 Å². The van der Waals surface area contributed by atoms with Gasteiger partial charge in [0, 0.05) is 46.4 Å². The average molecular weight is 731 g/mol. The molecular weight excluding hydrogens is 673 g/mol. The van der Waals surface area contributed by atoms with Crippen LogP contribution in [-0.4, -0.2) is 57.6 Å². The standard InChI is InChI=1S/C46H58N4O4/c51-43(33-25-29-35(30-26-33)45(53)49(37-15-5-1-6-16-37)38-17-7-2-8-18-38)47-41-23-13-14-24-42(41)48-44(52)34-27-31-36(32-28-34)46(54)50(39-19-9-3-10-20-39)40-21-11-4-12-22-40/h13-14,23-32,37-40H,1-12,15-22H2,(H,47,51)(H,48,52). The normalized spacial score (nSPS) is 19.1. The van der Waals surface area contributed by atoms with Crippen molar-refractivity contribution in [3.63, 3.8) is 0 Å². The monoisotopic (exact) mass is 730 g/mol. The summed E-state index contributed by atoms with van der Waals surface area (Å²) < 4.78 is 0. The van der Waals surface area contributed by atoms with Gasteiger partial charge < -0.3 is 20.4 Å².